The van der Waals surface area contributed by atoms with E-state index in [4.69, 9.17) is 0 Å². The number of benzene rings is 3. The molecule has 6 nitrogen and oxygen atoms in total. The highest BCUT2D eigenvalue weighted by Gasteiger charge is 2.28. The molecule has 0 radical (unpaired) electrons. The van der Waals surface area contributed by atoms with Crippen molar-refractivity contribution in [3.63, 3.8) is 0 Å². The second kappa shape index (κ2) is 11.2. The highest BCUT2D eigenvalue weighted by molar-refractivity contribution is 7.89. The van der Waals surface area contributed by atoms with Gasteiger partial charge in [-0.2, -0.15) is 4.31 Å². The van der Waals surface area contributed by atoms with Gasteiger partial charge < -0.3 is 5.32 Å². The van der Waals surface area contributed by atoms with Gasteiger partial charge in [-0.15, -0.1) is 0 Å². The summed E-state index contributed by atoms with van der Waals surface area (Å²) >= 11 is 0. The Balaban J connectivity index is 1.29. The first kappa shape index (κ1) is 25.1. The van der Waals surface area contributed by atoms with Crippen LogP contribution in [0.3, 0.4) is 0 Å². The summed E-state index contributed by atoms with van der Waals surface area (Å²) in [5.74, 6) is -0.0941. The van der Waals surface area contributed by atoms with Crippen molar-refractivity contribution in [2.24, 2.45) is 0 Å². The van der Waals surface area contributed by atoms with Crippen LogP contribution < -0.4 is 5.32 Å². The van der Waals surface area contributed by atoms with Gasteiger partial charge in [-0.25, -0.2) is 8.42 Å². The number of nitrogens with zero attached hydrogens (tertiary/aromatic N) is 2. The molecule has 35 heavy (non-hydrogen) atoms. The maximum atomic E-state index is 12.8. The number of aryl methyl sites for hydroxylation is 1. The number of hydrogen-bond donors (Lipinski definition) is 1. The first-order chi connectivity index (χ1) is 16.9. The molecule has 184 valence electrons. The molecular formula is C28H33N3O3S. The van der Waals surface area contributed by atoms with Gasteiger partial charge in [-0.1, -0.05) is 61.5 Å². The number of piperazine rings is 1. The van der Waals surface area contributed by atoms with Crippen molar-refractivity contribution in [1.29, 1.82) is 0 Å². The second-order valence-electron chi connectivity index (χ2n) is 8.98. The van der Waals surface area contributed by atoms with E-state index in [0.29, 0.717) is 36.6 Å². The molecule has 0 spiro atoms. The summed E-state index contributed by atoms with van der Waals surface area (Å²) in [5.41, 5.74) is 4.09. The first-order valence-corrected chi connectivity index (χ1v) is 13.6. The van der Waals surface area contributed by atoms with Crippen LogP contribution in [-0.2, 0) is 23.0 Å². The monoisotopic (exact) mass is 491 g/mol. The number of amides is 1. The molecule has 1 saturated heterocycles. The van der Waals surface area contributed by atoms with Crippen LogP contribution >= 0.6 is 0 Å². The molecule has 0 saturated carbocycles. The Kier molecular flexibility index (Phi) is 8.00. The molecule has 7 heteroatoms. The van der Waals surface area contributed by atoms with Crippen LogP contribution in [0.4, 0.5) is 0 Å². The fraction of sp³-hybridized carbons (Fsp3) is 0.321. The van der Waals surface area contributed by atoms with Crippen LogP contribution in [0.2, 0.25) is 0 Å². The third kappa shape index (κ3) is 6.17. The Bertz CT molecular complexity index is 1220. The molecule has 0 aromatic heterocycles. The normalized spacial score (nSPS) is 16.1. The van der Waals surface area contributed by atoms with Crippen molar-refractivity contribution in [1.82, 2.24) is 14.5 Å². The largest absolute Gasteiger partial charge is 0.346 e. The van der Waals surface area contributed by atoms with Gasteiger partial charge in [0.25, 0.3) is 5.91 Å². The molecule has 1 aliphatic rings. The molecule has 1 N–H and O–H groups in total. The van der Waals surface area contributed by atoms with Crippen LogP contribution in [0.5, 0.6) is 0 Å². The summed E-state index contributed by atoms with van der Waals surface area (Å²) in [5, 5.41) is 3.07. The van der Waals surface area contributed by atoms with Gasteiger partial charge >= 0.3 is 0 Å². The van der Waals surface area contributed by atoms with Crippen LogP contribution in [0.1, 0.15) is 46.9 Å². The molecule has 3 aromatic carbocycles. The summed E-state index contributed by atoms with van der Waals surface area (Å²) in [4.78, 5) is 15.3. The lowest BCUT2D eigenvalue weighted by molar-refractivity contribution is 0.0940. The molecule has 1 fully saturated rings. The number of sulfonamides is 1. The van der Waals surface area contributed by atoms with Gasteiger partial charge in [0.05, 0.1) is 10.9 Å². The molecule has 3 aromatic rings. The van der Waals surface area contributed by atoms with Crippen molar-refractivity contribution < 1.29 is 13.2 Å². The van der Waals surface area contributed by atoms with E-state index < -0.39 is 10.0 Å². The summed E-state index contributed by atoms with van der Waals surface area (Å²) in [6, 6.07) is 24.5. The SMILES string of the molecule is CCc1ccc([C@H](C)NC(=O)c2ccc(CN3CCN(S(=O)(=O)c4ccccc4)CC3)cc2)cc1. The maximum absolute atomic E-state index is 12.8. The lowest BCUT2D eigenvalue weighted by atomic mass is 10.0. The Morgan fingerprint density at radius 2 is 1.46 bits per heavy atom. The van der Waals surface area contributed by atoms with Gasteiger partial charge in [-0.05, 0) is 54.3 Å². The molecule has 4 rings (SSSR count). The maximum Gasteiger partial charge on any atom is 0.251 e. The molecule has 0 aliphatic carbocycles. The van der Waals surface area contributed by atoms with Gasteiger partial charge in [0.1, 0.15) is 0 Å². The van der Waals surface area contributed by atoms with Gasteiger partial charge in [0, 0.05) is 38.3 Å². The fourth-order valence-electron chi connectivity index (χ4n) is 4.29. The lowest BCUT2D eigenvalue weighted by Gasteiger charge is -2.34. The van der Waals surface area contributed by atoms with Gasteiger partial charge in [0.2, 0.25) is 10.0 Å². The zero-order valence-corrected chi connectivity index (χ0v) is 21.2. The predicted molar refractivity (Wildman–Crippen MR) is 139 cm³/mol. The van der Waals surface area contributed by atoms with E-state index in [1.54, 1.807) is 28.6 Å². The second-order valence-corrected chi connectivity index (χ2v) is 10.9. The highest BCUT2D eigenvalue weighted by atomic mass is 32.2. The Morgan fingerprint density at radius 1 is 0.857 bits per heavy atom. The molecule has 1 amide bonds. The minimum Gasteiger partial charge on any atom is -0.346 e. The number of carbonyl (C=O) groups excluding carboxylic acids is 1. The van der Waals surface area contributed by atoms with E-state index in [2.05, 4.69) is 41.4 Å². The Hall–Kier alpha value is -3.00. The summed E-state index contributed by atoms with van der Waals surface area (Å²) in [7, 11) is -3.45. The fourth-order valence-corrected chi connectivity index (χ4v) is 5.74. The van der Waals surface area contributed by atoms with E-state index >= 15 is 0 Å². The molecule has 0 bridgehead atoms. The third-order valence-electron chi connectivity index (χ3n) is 6.57. The van der Waals surface area contributed by atoms with Crippen molar-refractivity contribution in [2.45, 2.75) is 37.8 Å². The molecular weight excluding hydrogens is 458 g/mol. The molecule has 1 atom stereocenters. The zero-order chi connectivity index (χ0) is 24.8. The number of hydrogen-bond acceptors (Lipinski definition) is 4. The molecule has 0 unspecified atom stereocenters. The lowest BCUT2D eigenvalue weighted by Crippen LogP contribution is -2.48. The van der Waals surface area contributed by atoms with Crippen molar-refractivity contribution in [3.8, 4) is 0 Å². The minimum absolute atomic E-state index is 0.0726. The Labute approximate surface area is 208 Å². The average Bonchev–Trinajstić information content (AvgIpc) is 2.90. The van der Waals surface area contributed by atoms with E-state index in [1.165, 1.54) is 5.56 Å². The minimum atomic E-state index is -3.45. The predicted octanol–water partition coefficient (Wildman–Crippen LogP) is 4.25. The summed E-state index contributed by atoms with van der Waals surface area (Å²) in [6.45, 7) is 7.11. The van der Waals surface area contributed by atoms with E-state index in [9.17, 15) is 13.2 Å². The molecule has 1 heterocycles. The zero-order valence-electron chi connectivity index (χ0n) is 20.4. The van der Waals surface area contributed by atoms with E-state index in [-0.39, 0.29) is 11.9 Å². The van der Waals surface area contributed by atoms with Gasteiger partial charge in [-0.3, -0.25) is 9.69 Å². The number of rotatable bonds is 8. The van der Waals surface area contributed by atoms with Crippen molar-refractivity contribution >= 4 is 15.9 Å². The van der Waals surface area contributed by atoms with Crippen LogP contribution in [0.15, 0.2) is 83.8 Å². The molecule has 1 aliphatic heterocycles. The highest BCUT2D eigenvalue weighted by Crippen LogP contribution is 2.19. The summed E-state index contributed by atoms with van der Waals surface area (Å²) in [6.07, 6.45) is 0.996. The number of nitrogens with one attached hydrogen (secondary N) is 1. The standard InChI is InChI=1S/C28H33N3O3S/c1-3-23-9-13-25(14-10-23)22(2)29-28(32)26-15-11-24(12-16-26)21-30-17-19-31(20-18-30)35(33,34)27-7-5-4-6-8-27/h4-16,22H,3,17-21H2,1-2H3,(H,29,32)/t22-/m0/s1. The van der Waals surface area contributed by atoms with Gasteiger partial charge in [0.15, 0.2) is 0 Å². The van der Waals surface area contributed by atoms with Crippen molar-refractivity contribution in [2.75, 3.05) is 26.2 Å². The third-order valence-corrected chi connectivity index (χ3v) is 8.48. The van der Waals surface area contributed by atoms with E-state index in [0.717, 1.165) is 24.1 Å². The average molecular weight is 492 g/mol. The van der Waals surface area contributed by atoms with E-state index in [1.807, 2.05) is 37.3 Å². The smallest absolute Gasteiger partial charge is 0.251 e. The van der Waals surface area contributed by atoms with Crippen LogP contribution in [-0.4, -0.2) is 49.7 Å². The summed E-state index contributed by atoms with van der Waals surface area (Å²) < 4.78 is 27.2. The topological polar surface area (TPSA) is 69.7 Å². The number of carbonyl (C=O) groups is 1. The van der Waals surface area contributed by atoms with Crippen LogP contribution in [0.25, 0.3) is 0 Å². The van der Waals surface area contributed by atoms with Crippen LogP contribution in [0, 0.1) is 0 Å². The quantitative estimate of drug-likeness (QED) is 0.512. The van der Waals surface area contributed by atoms with Crippen molar-refractivity contribution in [3.05, 3.63) is 101 Å². The Morgan fingerprint density at radius 3 is 2.06 bits per heavy atom. The first-order valence-electron chi connectivity index (χ1n) is 12.1.